The molecule has 0 spiro atoms. The molecule has 0 aliphatic heterocycles. The lowest BCUT2D eigenvalue weighted by atomic mass is 10.2. The molecule has 22 heavy (non-hydrogen) atoms. The van der Waals surface area contributed by atoms with Crippen molar-refractivity contribution in [1.82, 2.24) is 0 Å². The second kappa shape index (κ2) is 6.49. The molecule has 2 aromatic carbocycles. The smallest absolute Gasteiger partial charge is 0.264 e. The SMILES string of the molecule is Cc1cc(S(=O)(=O)N(c2ccccc2)C(C)C)c(Cl)cc1Cl. The van der Waals surface area contributed by atoms with Crippen LogP contribution in [0.3, 0.4) is 0 Å². The van der Waals surface area contributed by atoms with E-state index >= 15 is 0 Å². The van der Waals surface area contributed by atoms with E-state index in [1.54, 1.807) is 31.2 Å². The van der Waals surface area contributed by atoms with Gasteiger partial charge in [-0.25, -0.2) is 8.42 Å². The minimum absolute atomic E-state index is 0.0635. The predicted molar refractivity (Wildman–Crippen MR) is 92.4 cm³/mol. The zero-order chi connectivity index (χ0) is 16.5. The third kappa shape index (κ3) is 3.24. The molecule has 0 aliphatic rings. The summed E-state index contributed by atoms with van der Waals surface area (Å²) in [4.78, 5) is 0.0635. The quantitative estimate of drug-likeness (QED) is 0.779. The first-order chi connectivity index (χ1) is 10.2. The van der Waals surface area contributed by atoms with E-state index in [2.05, 4.69) is 0 Å². The molecule has 0 aromatic heterocycles. The third-order valence-electron chi connectivity index (χ3n) is 3.23. The first kappa shape index (κ1) is 17.1. The summed E-state index contributed by atoms with van der Waals surface area (Å²) in [6, 6.07) is 11.7. The van der Waals surface area contributed by atoms with Gasteiger partial charge in [0, 0.05) is 11.1 Å². The standard InChI is InChI=1S/C16H17Cl2NO2S/c1-11(2)19(13-7-5-4-6-8-13)22(20,21)16-9-12(3)14(17)10-15(16)18/h4-11H,1-3H3. The number of aryl methyl sites for hydroxylation is 1. The molecule has 0 N–H and O–H groups in total. The van der Waals surface area contributed by atoms with E-state index in [-0.39, 0.29) is 16.0 Å². The van der Waals surface area contributed by atoms with E-state index < -0.39 is 10.0 Å². The summed E-state index contributed by atoms with van der Waals surface area (Å²) in [6.07, 6.45) is 0. The first-order valence-corrected chi connectivity index (χ1v) is 9.00. The molecule has 0 amide bonds. The Hall–Kier alpha value is -1.23. The lowest BCUT2D eigenvalue weighted by molar-refractivity contribution is 0.584. The normalized spacial score (nSPS) is 11.7. The van der Waals surface area contributed by atoms with E-state index in [4.69, 9.17) is 23.2 Å². The molecule has 0 radical (unpaired) electrons. The molecule has 6 heteroatoms. The molecule has 0 aliphatic carbocycles. The van der Waals surface area contributed by atoms with Gasteiger partial charge in [-0.15, -0.1) is 0 Å². The summed E-state index contributed by atoms with van der Waals surface area (Å²) in [5.41, 5.74) is 1.27. The molecule has 0 saturated heterocycles. The summed E-state index contributed by atoms with van der Waals surface area (Å²) in [5.74, 6) is 0. The molecule has 0 atom stereocenters. The minimum Gasteiger partial charge on any atom is -0.264 e. The lowest BCUT2D eigenvalue weighted by Crippen LogP contribution is -2.37. The van der Waals surface area contributed by atoms with Gasteiger partial charge >= 0.3 is 0 Å². The topological polar surface area (TPSA) is 37.4 Å². The van der Waals surface area contributed by atoms with Crippen molar-refractivity contribution in [3.8, 4) is 0 Å². The van der Waals surface area contributed by atoms with Gasteiger partial charge in [0.05, 0.1) is 10.7 Å². The van der Waals surface area contributed by atoms with Crippen molar-refractivity contribution in [2.45, 2.75) is 31.7 Å². The number of sulfonamides is 1. The molecule has 0 heterocycles. The number of rotatable bonds is 4. The van der Waals surface area contributed by atoms with E-state index in [0.717, 1.165) is 0 Å². The zero-order valence-corrected chi connectivity index (χ0v) is 14.9. The highest BCUT2D eigenvalue weighted by molar-refractivity contribution is 7.93. The first-order valence-electron chi connectivity index (χ1n) is 6.80. The van der Waals surface area contributed by atoms with Crippen LogP contribution in [0.25, 0.3) is 0 Å². The van der Waals surface area contributed by atoms with Crippen LogP contribution in [0, 0.1) is 6.92 Å². The number of anilines is 1. The molecule has 2 rings (SSSR count). The van der Waals surface area contributed by atoms with Gasteiger partial charge in [-0.3, -0.25) is 4.31 Å². The fourth-order valence-electron chi connectivity index (χ4n) is 2.22. The van der Waals surface area contributed by atoms with Crippen LogP contribution in [-0.4, -0.2) is 14.5 Å². The molecule has 3 nitrogen and oxygen atoms in total. The number of halogens is 2. The Labute approximate surface area is 141 Å². The van der Waals surface area contributed by atoms with Crippen LogP contribution >= 0.6 is 23.2 Å². The Kier molecular flexibility index (Phi) is 5.05. The molecular formula is C16H17Cl2NO2S. The van der Waals surface area contributed by atoms with Gasteiger partial charge in [0.1, 0.15) is 4.90 Å². The van der Waals surface area contributed by atoms with Crippen LogP contribution in [-0.2, 0) is 10.0 Å². The van der Waals surface area contributed by atoms with Crippen molar-refractivity contribution in [3.63, 3.8) is 0 Å². The van der Waals surface area contributed by atoms with Crippen LogP contribution in [0.1, 0.15) is 19.4 Å². The molecule has 0 fully saturated rings. The highest BCUT2D eigenvalue weighted by atomic mass is 35.5. The maximum absolute atomic E-state index is 13.1. The maximum atomic E-state index is 13.1. The second-order valence-corrected chi connectivity index (χ2v) is 7.86. The molecule has 0 bridgehead atoms. The van der Waals surface area contributed by atoms with Gasteiger partial charge in [-0.2, -0.15) is 0 Å². The monoisotopic (exact) mass is 357 g/mol. The fourth-order valence-corrected chi connectivity index (χ4v) is 4.70. The van der Waals surface area contributed by atoms with E-state index in [1.807, 2.05) is 19.9 Å². The summed E-state index contributed by atoms with van der Waals surface area (Å²) in [6.45, 7) is 5.39. The van der Waals surface area contributed by atoms with Gasteiger partial charge in [-0.1, -0.05) is 41.4 Å². The van der Waals surface area contributed by atoms with Gasteiger partial charge in [0.15, 0.2) is 0 Å². The highest BCUT2D eigenvalue weighted by Crippen LogP contribution is 2.33. The Morgan fingerprint density at radius 2 is 1.59 bits per heavy atom. The van der Waals surface area contributed by atoms with Gasteiger partial charge in [0.25, 0.3) is 10.0 Å². The van der Waals surface area contributed by atoms with Crippen LogP contribution in [0.15, 0.2) is 47.4 Å². The van der Waals surface area contributed by atoms with Crippen LogP contribution in [0.2, 0.25) is 10.0 Å². The highest BCUT2D eigenvalue weighted by Gasteiger charge is 2.29. The van der Waals surface area contributed by atoms with Crippen LogP contribution < -0.4 is 4.31 Å². The largest absolute Gasteiger partial charge is 0.266 e. The number of hydrogen-bond donors (Lipinski definition) is 0. The number of para-hydroxylation sites is 1. The number of nitrogens with zero attached hydrogens (tertiary/aromatic N) is 1. The zero-order valence-electron chi connectivity index (χ0n) is 12.5. The minimum atomic E-state index is -3.78. The van der Waals surface area contributed by atoms with Crippen LogP contribution in [0.4, 0.5) is 5.69 Å². The average molecular weight is 358 g/mol. The third-order valence-corrected chi connectivity index (χ3v) is 6.11. The summed E-state index contributed by atoms with van der Waals surface area (Å²) >= 11 is 12.1. The van der Waals surface area contributed by atoms with Gasteiger partial charge in [-0.05, 0) is 50.6 Å². The van der Waals surface area contributed by atoms with E-state index in [0.29, 0.717) is 16.3 Å². The number of benzene rings is 2. The Morgan fingerprint density at radius 1 is 1.00 bits per heavy atom. The van der Waals surface area contributed by atoms with E-state index in [9.17, 15) is 8.42 Å². The van der Waals surface area contributed by atoms with Crippen LogP contribution in [0.5, 0.6) is 0 Å². The predicted octanol–water partition coefficient (Wildman–Crippen LogP) is 4.91. The lowest BCUT2D eigenvalue weighted by Gasteiger charge is -2.28. The Balaban J connectivity index is 2.64. The molecule has 118 valence electrons. The van der Waals surface area contributed by atoms with Crippen molar-refractivity contribution < 1.29 is 8.42 Å². The van der Waals surface area contributed by atoms with Crippen molar-refractivity contribution in [1.29, 1.82) is 0 Å². The second-order valence-electron chi connectivity index (χ2n) is 5.26. The summed E-state index contributed by atoms with van der Waals surface area (Å²) in [7, 11) is -3.78. The summed E-state index contributed by atoms with van der Waals surface area (Å²) < 4.78 is 27.5. The van der Waals surface area contributed by atoms with Gasteiger partial charge < -0.3 is 0 Å². The molecular weight excluding hydrogens is 341 g/mol. The van der Waals surface area contributed by atoms with Crippen molar-refractivity contribution in [3.05, 3.63) is 58.1 Å². The molecule has 0 saturated carbocycles. The van der Waals surface area contributed by atoms with Gasteiger partial charge in [0.2, 0.25) is 0 Å². The average Bonchev–Trinajstić information content (AvgIpc) is 2.43. The molecule has 2 aromatic rings. The summed E-state index contributed by atoms with van der Waals surface area (Å²) in [5, 5.41) is 0.567. The van der Waals surface area contributed by atoms with Crippen molar-refractivity contribution in [2.75, 3.05) is 4.31 Å². The fraction of sp³-hybridized carbons (Fsp3) is 0.250. The molecule has 0 unspecified atom stereocenters. The maximum Gasteiger partial charge on any atom is 0.266 e. The van der Waals surface area contributed by atoms with Crippen molar-refractivity contribution >= 4 is 38.9 Å². The van der Waals surface area contributed by atoms with E-state index in [1.165, 1.54) is 16.4 Å². The number of hydrogen-bond acceptors (Lipinski definition) is 2. The Bertz CT molecular complexity index is 774. The Morgan fingerprint density at radius 3 is 2.14 bits per heavy atom. The van der Waals surface area contributed by atoms with Crippen molar-refractivity contribution in [2.24, 2.45) is 0 Å².